The number of carbonyl (C=O) groups is 2. The zero-order chi connectivity index (χ0) is 19.4. The van der Waals surface area contributed by atoms with Crippen molar-refractivity contribution in [2.45, 2.75) is 25.7 Å². The monoisotopic (exact) mass is 446 g/mol. The van der Waals surface area contributed by atoms with E-state index in [4.69, 9.17) is 0 Å². The highest BCUT2D eigenvalue weighted by Crippen LogP contribution is 2.37. The second-order valence-electron chi connectivity index (χ2n) is 5.88. The molecule has 0 bridgehead atoms. The van der Waals surface area contributed by atoms with Crippen LogP contribution in [0.4, 0.5) is 5.00 Å². The van der Waals surface area contributed by atoms with Gasteiger partial charge < -0.3 is 10.4 Å². The molecule has 1 aromatic heterocycles. The topological polar surface area (TPSA) is 115 Å². The molecule has 2 amide bonds. The summed E-state index contributed by atoms with van der Waals surface area (Å²) in [6.45, 7) is 0. The number of phenols is 1. The fourth-order valence-corrected chi connectivity index (χ4v) is 4.39. The maximum Gasteiger partial charge on any atom is 0.329 e. The number of phenolic OH excluding ortho intramolecular Hbond substituents is 1. The van der Waals surface area contributed by atoms with E-state index in [0.29, 0.717) is 16.1 Å². The van der Waals surface area contributed by atoms with Gasteiger partial charge in [0.15, 0.2) is 0 Å². The van der Waals surface area contributed by atoms with Crippen molar-refractivity contribution in [1.82, 2.24) is 5.43 Å². The van der Waals surface area contributed by atoms with Crippen molar-refractivity contribution in [2.75, 3.05) is 5.32 Å². The zero-order valence-electron chi connectivity index (χ0n) is 14.1. The van der Waals surface area contributed by atoms with Gasteiger partial charge in [-0.2, -0.15) is 10.4 Å². The van der Waals surface area contributed by atoms with Gasteiger partial charge in [0.1, 0.15) is 16.8 Å². The van der Waals surface area contributed by atoms with Crippen molar-refractivity contribution in [1.29, 1.82) is 5.26 Å². The number of aryl methyl sites for hydroxylation is 1. The van der Waals surface area contributed by atoms with Crippen molar-refractivity contribution in [2.24, 2.45) is 5.10 Å². The zero-order valence-corrected chi connectivity index (χ0v) is 16.5. The largest absolute Gasteiger partial charge is 0.507 e. The average molecular weight is 447 g/mol. The molecule has 0 saturated carbocycles. The van der Waals surface area contributed by atoms with E-state index in [1.165, 1.54) is 23.6 Å². The Balaban J connectivity index is 1.66. The molecule has 2 aromatic rings. The molecule has 138 valence electrons. The molecule has 0 spiro atoms. The molecular formula is C18H15BrN4O3S. The SMILES string of the molecule is N#Cc1c(NC(=O)C(=O)NN=Cc2cc(Br)ccc2O)sc2c1CCCC2. The van der Waals surface area contributed by atoms with Crippen LogP contribution in [-0.2, 0) is 22.4 Å². The number of amides is 2. The molecule has 3 rings (SSSR count). The Labute approximate surface area is 167 Å². The van der Waals surface area contributed by atoms with Crippen LogP contribution in [0.15, 0.2) is 27.8 Å². The number of hydrogen-bond acceptors (Lipinski definition) is 6. The molecule has 0 atom stereocenters. The lowest BCUT2D eigenvalue weighted by molar-refractivity contribution is -0.136. The van der Waals surface area contributed by atoms with Crippen LogP contribution < -0.4 is 10.7 Å². The number of aromatic hydroxyl groups is 1. The highest BCUT2D eigenvalue weighted by Gasteiger charge is 2.23. The van der Waals surface area contributed by atoms with Gasteiger partial charge in [-0.15, -0.1) is 11.3 Å². The van der Waals surface area contributed by atoms with Crippen LogP contribution >= 0.6 is 27.3 Å². The summed E-state index contributed by atoms with van der Waals surface area (Å²) in [7, 11) is 0. The first-order chi connectivity index (χ1) is 13.0. The number of nitrogens with zero attached hydrogens (tertiary/aromatic N) is 2. The summed E-state index contributed by atoms with van der Waals surface area (Å²) in [5.41, 5.74) is 3.91. The molecule has 7 nitrogen and oxygen atoms in total. The molecule has 0 unspecified atom stereocenters. The van der Waals surface area contributed by atoms with E-state index in [1.54, 1.807) is 12.1 Å². The van der Waals surface area contributed by atoms with Crippen LogP contribution in [0, 0.1) is 11.3 Å². The number of nitriles is 1. The predicted molar refractivity (Wildman–Crippen MR) is 106 cm³/mol. The third-order valence-corrected chi connectivity index (χ3v) is 5.78. The van der Waals surface area contributed by atoms with Crippen LogP contribution in [0.5, 0.6) is 5.75 Å². The fourth-order valence-electron chi connectivity index (χ4n) is 2.77. The standard InChI is InChI=1S/C18H15BrN4O3S/c19-11-5-6-14(24)10(7-11)9-21-23-17(26)16(25)22-18-13(8-20)12-3-1-2-4-15(12)27-18/h5-7,9,24H,1-4H2,(H,22,25)(H,23,26). The molecule has 0 saturated heterocycles. The van der Waals surface area contributed by atoms with Crippen molar-refractivity contribution in [3.8, 4) is 11.8 Å². The van der Waals surface area contributed by atoms with E-state index in [1.807, 2.05) is 0 Å². The molecule has 27 heavy (non-hydrogen) atoms. The van der Waals surface area contributed by atoms with Crippen LogP contribution in [-0.4, -0.2) is 23.1 Å². The highest BCUT2D eigenvalue weighted by atomic mass is 79.9. The Hall–Kier alpha value is -2.70. The maximum absolute atomic E-state index is 12.1. The number of rotatable bonds is 3. The van der Waals surface area contributed by atoms with Gasteiger partial charge in [0, 0.05) is 14.9 Å². The number of anilines is 1. The second kappa shape index (κ2) is 8.33. The number of benzene rings is 1. The maximum atomic E-state index is 12.1. The number of nitrogens with one attached hydrogen (secondary N) is 2. The molecule has 1 aromatic carbocycles. The van der Waals surface area contributed by atoms with Gasteiger partial charge in [-0.3, -0.25) is 9.59 Å². The Bertz CT molecular complexity index is 978. The molecule has 9 heteroatoms. The van der Waals surface area contributed by atoms with Crippen LogP contribution in [0.25, 0.3) is 0 Å². The van der Waals surface area contributed by atoms with E-state index in [9.17, 15) is 20.0 Å². The summed E-state index contributed by atoms with van der Waals surface area (Å²) in [5.74, 6) is -1.87. The summed E-state index contributed by atoms with van der Waals surface area (Å²) in [6.07, 6.45) is 5.01. The van der Waals surface area contributed by atoms with Crippen molar-refractivity contribution >= 4 is 50.3 Å². The van der Waals surface area contributed by atoms with E-state index >= 15 is 0 Å². The van der Waals surface area contributed by atoms with E-state index in [2.05, 4.69) is 37.8 Å². The van der Waals surface area contributed by atoms with Gasteiger partial charge in [0.2, 0.25) is 0 Å². The van der Waals surface area contributed by atoms with Crippen LogP contribution in [0.2, 0.25) is 0 Å². The number of hydrogen-bond donors (Lipinski definition) is 3. The lowest BCUT2D eigenvalue weighted by Gasteiger charge is -2.09. The van der Waals surface area contributed by atoms with Crippen molar-refractivity contribution in [3.63, 3.8) is 0 Å². The molecule has 1 aliphatic carbocycles. The predicted octanol–water partition coefficient (Wildman–Crippen LogP) is 3.06. The minimum atomic E-state index is -0.962. The number of thiophene rings is 1. The summed E-state index contributed by atoms with van der Waals surface area (Å²) >= 11 is 4.61. The van der Waals surface area contributed by atoms with Gasteiger partial charge in [0.25, 0.3) is 0 Å². The summed E-state index contributed by atoms with van der Waals surface area (Å²) in [5, 5.41) is 25.7. The van der Waals surface area contributed by atoms with E-state index < -0.39 is 11.8 Å². The Morgan fingerprint density at radius 2 is 2.07 bits per heavy atom. The fraction of sp³-hybridized carbons (Fsp3) is 0.222. The van der Waals surface area contributed by atoms with Gasteiger partial charge in [-0.1, -0.05) is 15.9 Å². The Morgan fingerprint density at radius 1 is 1.30 bits per heavy atom. The van der Waals surface area contributed by atoms with E-state index in [0.717, 1.165) is 40.6 Å². The first kappa shape index (κ1) is 19.1. The second-order valence-corrected chi connectivity index (χ2v) is 7.90. The third kappa shape index (κ3) is 4.35. The van der Waals surface area contributed by atoms with E-state index in [-0.39, 0.29) is 5.75 Å². The van der Waals surface area contributed by atoms with Crippen LogP contribution in [0.3, 0.4) is 0 Å². The molecule has 1 aliphatic rings. The number of fused-ring (bicyclic) bond motifs is 1. The number of carbonyl (C=O) groups excluding carboxylic acids is 2. The average Bonchev–Trinajstić information content (AvgIpc) is 3.01. The molecular weight excluding hydrogens is 432 g/mol. The Kier molecular flexibility index (Phi) is 5.88. The molecule has 1 heterocycles. The highest BCUT2D eigenvalue weighted by molar-refractivity contribution is 9.10. The lowest BCUT2D eigenvalue weighted by atomic mass is 9.96. The van der Waals surface area contributed by atoms with Crippen molar-refractivity contribution < 1.29 is 14.7 Å². The molecule has 0 fully saturated rings. The number of hydrazone groups is 1. The minimum absolute atomic E-state index is 0.0107. The first-order valence-electron chi connectivity index (χ1n) is 8.17. The summed E-state index contributed by atoms with van der Waals surface area (Å²) in [6, 6.07) is 6.87. The van der Waals surface area contributed by atoms with Gasteiger partial charge >= 0.3 is 11.8 Å². The van der Waals surface area contributed by atoms with Crippen LogP contribution in [0.1, 0.15) is 34.4 Å². The number of halogens is 1. The van der Waals surface area contributed by atoms with Crippen molar-refractivity contribution in [3.05, 3.63) is 44.2 Å². The Morgan fingerprint density at radius 3 is 2.85 bits per heavy atom. The molecule has 0 aliphatic heterocycles. The third-order valence-electron chi connectivity index (χ3n) is 4.08. The summed E-state index contributed by atoms with van der Waals surface area (Å²) < 4.78 is 0.733. The first-order valence-corrected chi connectivity index (χ1v) is 9.78. The van der Waals surface area contributed by atoms with Gasteiger partial charge in [-0.25, -0.2) is 5.43 Å². The summed E-state index contributed by atoms with van der Waals surface area (Å²) in [4.78, 5) is 25.1. The normalized spacial score (nSPS) is 13.0. The van der Waals surface area contributed by atoms with Gasteiger partial charge in [-0.05, 0) is 49.4 Å². The molecule has 0 radical (unpaired) electrons. The van der Waals surface area contributed by atoms with Gasteiger partial charge in [0.05, 0.1) is 11.8 Å². The molecule has 3 N–H and O–H groups in total. The smallest absolute Gasteiger partial charge is 0.329 e. The quantitative estimate of drug-likeness (QED) is 0.381. The minimum Gasteiger partial charge on any atom is -0.507 e. The lowest BCUT2D eigenvalue weighted by Crippen LogP contribution is -2.32.